The normalized spacial score (nSPS) is 32.7. The number of hydrogen-bond acceptors (Lipinski definition) is 3. The Morgan fingerprint density at radius 3 is 2.67 bits per heavy atom. The Labute approximate surface area is 104 Å². The Balaban J connectivity index is 2.07. The van der Waals surface area contributed by atoms with Gasteiger partial charge in [-0.25, -0.2) is 0 Å². The summed E-state index contributed by atoms with van der Waals surface area (Å²) >= 11 is 0. The van der Waals surface area contributed by atoms with Gasteiger partial charge in [0.25, 0.3) is 5.69 Å². The molecule has 1 fully saturated rings. The number of para-hydroxylation sites is 1. The van der Waals surface area contributed by atoms with Gasteiger partial charge in [0.1, 0.15) is 6.29 Å². The summed E-state index contributed by atoms with van der Waals surface area (Å²) in [4.78, 5) is 22.0. The third kappa shape index (κ3) is 1.49. The molecule has 0 amide bonds. The minimum absolute atomic E-state index is 0.0286. The molecule has 2 bridgehead atoms. The number of aldehydes is 1. The van der Waals surface area contributed by atoms with E-state index in [1.807, 2.05) is 0 Å². The zero-order valence-corrected chi connectivity index (χ0v) is 9.73. The third-order valence-corrected chi connectivity index (χ3v) is 4.17. The van der Waals surface area contributed by atoms with Crippen molar-refractivity contribution < 1.29 is 9.72 Å². The maximum atomic E-state index is 11.3. The van der Waals surface area contributed by atoms with Crippen LogP contribution >= 0.6 is 0 Å². The Kier molecular flexibility index (Phi) is 2.51. The van der Waals surface area contributed by atoms with Crippen LogP contribution in [0.3, 0.4) is 0 Å². The summed E-state index contributed by atoms with van der Waals surface area (Å²) in [7, 11) is 0. The van der Waals surface area contributed by atoms with Crippen LogP contribution in [0.4, 0.5) is 5.69 Å². The minimum Gasteiger partial charge on any atom is -0.303 e. The molecule has 0 heterocycles. The molecular weight excluding hydrogens is 230 g/mol. The van der Waals surface area contributed by atoms with Crippen molar-refractivity contribution in [2.45, 2.75) is 12.3 Å². The summed E-state index contributed by atoms with van der Waals surface area (Å²) in [6.45, 7) is 0. The van der Waals surface area contributed by atoms with Crippen molar-refractivity contribution in [1.29, 1.82) is 0 Å². The van der Waals surface area contributed by atoms with Crippen LogP contribution in [0.5, 0.6) is 0 Å². The van der Waals surface area contributed by atoms with Gasteiger partial charge < -0.3 is 4.79 Å². The van der Waals surface area contributed by atoms with Gasteiger partial charge in [0, 0.05) is 23.5 Å². The molecule has 0 saturated heterocycles. The van der Waals surface area contributed by atoms with Crippen molar-refractivity contribution in [2.75, 3.05) is 0 Å². The fourth-order valence-corrected chi connectivity index (χ4v) is 3.42. The first kappa shape index (κ1) is 11.1. The van der Waals surface area contributed by atoms with Crippen molar-refractivity contribution in [2.24, 2.45) is 17.8 Å². The van der Waals surface area contributed by atoms with Crippen LogP contribution < -0.4 is 0 Å². The van der Waals surface area contributed by atoms with Crippen molar-refractivity contribution in [3.8, 4) is 0 Å². The molecule has 1 saturated carbocycles. The molecule has 2 unspecified atom stereocenters. The van der Waals surface area contributed by atoms with Gasteiger partial charge in [0.2, 0.25) is 0 Å². The molecule has 1 aromatic carbocycles. The van der Waals surface area contributed by atoms with Crippen molar-refractivity contribution in [3.63, 3.8) is 0 Å². The quantitative estimate of drug-likeness (QED) is 0.355. The second-order valence-corrected chi connectivity index (χ2v) is 5.00. The molecule has 0 aliphatic heterocycles. The zero-order valence-electron chi connectivity index (χ0n) is 9.73. The number of carbonyl (C=O) groups is 1. The van der Waals surface area contributed by atoms with E-state index >= 15 is 0 Å². The number of allylic oxidation sites excluding steroid dienone is 2. The SMILES string of the molecule is O=C[C@H]1C2C=CC(C2)[C@@H]1c1ccccc1[N+](=O)[O-]. The van der Waals surface area contributed by atoms with E-state index < -0.39 is 0 Å². The van der Waals surface area contributed by atoms with Crippen molar-refractivity contribution in [1.82, 2.24) is 0 Å². The largest absolute Gasteiger partial charge is 0.303 e. The van der Waals surface area contributed by atoms with Crippen molar-refractivity contribution in [3.05, 3.63) is 52.1 Å². The Morgan fingerprint density at radius 2 is 1.94 bits per heavy atom. The third-order valence-electron chi connectivity index (χ3n) is 4.17. The average molecular weight is 243 g/mol. The topological polar surface area (TPSA) is 60.2 Å². The Bertz CT molecular complexity index is 538. The molecular formula is C14H13NO3. The maximum Gasteiger partial charge on any atom is 0.272 e. The lowest BCUT2D eigenvalue weighted by Crippen LogP contribution is -2.19. The summed E-state index contributed by atoms with van der Waals surface area (Å²) in [5.74, 6) is 0.392. The smallest absolute Gasteiger partial charge is 0.272 e. The second kappa shape index (κ2) is 4.05. The van der Waals surface area contributed by atoms with Gasteiger partial charge in [-0.15, -0.1) is 0 Å². The van der Waals surface area contributed by atoms with E-state index in [-0.39, 0.29) is 34.3 Å². The van der Waals surface area contributed by atoms with Gasteiger partial charge in [0.15, 0.2) is 0 Å². The predicted molar refractivity (Wildman–Crippen MR) is 66.1 cm³/mol. The van der Waals surface area contributed by atoms with Gasteiger partial charge in [-0.2, -0.15) is 0 Å². The Hall–Kier alpha value is -1.97. The number of nitro benzene ring substituents is 1. The average Bonchev–Trinajstić information content (AvgIpc) is 2.98. The van der Waals surface area contributed by atoms with E-state index in [2.05, 4.69) is 12.2 Å². The molecule has 92 valence electrons. The first-order valence-electron chi connectivity index (χ1n) is 6.09. The molecule has 2 aliphatic carbocycles. The summed E-state index contributed by atoms with van der Waals surface area (Å²) < 4.78 is 0. The van der Waals surface area contributed by atoms with Gasteiger partial charge in [-0.05, 0) is 18.3 Å². The van der Waals surface area contributed by atoms with Crippen LogP contribution in [-0.2, 0) is 4.79 Å². The van der Waals surface area contributed by atoms with Gasteiger partial charge in [-0.1, -0.05) is 30.4 Å². The molecule has 0 N–H and O–H groups in total. The molecule has 18 heavy (non-hydrogen) atoms. The lowest BCUT2D eigenvalue weighted by Gasteiger charge is -2.23. The number of benzene rings is 1. The maximum absolute atomic E-state index is 11.3. The van der Waals surface area contributed by atoms with Gasteiger partial charge in [-0.3, -0.25) is 10.1 Å². The number of fused-ring (bicyclic) bond motifs is 2. The van der Waals surface area contributed by atoms with E-state index in [4.69, 9.17) is 0 Å². The summed E-state index contributed by atoms with van der Waals surface area (Å²) in [6.07, 6.45) is 6.09. The summed E-state index contributed by atoms with van der Waals surface area (Å²) in [5.41, 5.74) is 0.840. The number of nitrogens with zero attached hydrogens (tertiary/aromatic N) is 1. The molecule has 2 aliphatic rings. The standard InChI is InChI=1S/C14H13NO3/c16-8-12-9-5-6-10(7-9)14(12)11-3-1-2-4-13(11)15(17)18/h1-6,8-10,12,14H,7H2/t9?,10?,12-,14+/m0/s1. The van der Waals surface area contributed by atoms with E-state index in [1.54, 1.807) is 18.2 Å². The number of hydrogen-bond donors (Lipinski definition) is 0. The monoisotopic (exact) mass is 243 g/mol. The van der Waals surface area contributed by atoms with E-state index in [0.29, 0.717) is 5.56 Å². The first-order chi connectivity index (χ1) is 8.72. The summed E-state index contributed by atoms with van der Waals surface area (Å²) in [6, 6.07) is 6.78. The van der Waals surface area contributed by atoms with E-state index in [0.717, 1.165) is 12.7 Å². The van der Waals surface area contributed by atoms with Crippen molar-refractivity contribution >= 4 is 12.0 Å². The highest BCUT2D eigenvalue weighted by molar-refractivity contribution is 5.61. The van der Waals surface area contributed by atoms with Crippen LogP contribution in [0.25, 0.3) is 0 Å². The molecule has 4 nitrogen and oxygen atoms in total. The van der Waals surface area contributed by atoms with E-state index in [1.165, 1.54) is 6.07 Å². The van der Waals surface area contributed by atoms with Gasteiger partial charge >= 0.3 is 0 Å². The molecule has 0 spiro atoms. The minimum atomic E-state index is -0.354. The lowest BCUT2D eigenvalue weighted by molar-refractivity contribution is -0.385. The molecule has 3 rings (SSSR count). The van der Waals surface area contributed by atoms with Crippen LogP contribution in [0.2, 0.25) is 0 Å². The molecule has 0 radical (unpaired) electrons. The number of rotatable bonds is 3. The van der Waals surface area contributed by atoms with Crippen LogP contribution in [0, 0.1) is 27.9 Å². The highest BCUT2D eigenvalue weighted by atomic mass is 16.6. The predicted octanol–water partition coefficient (Wildman–Crippen LogP) is 2.70. The first-order valence-corrected chi connectivity index (χ1v) is 6.09. The fourth-order valence-electron chi connectivity index (χ4n) is 3.42. The number of carbonyl (C=O) groups excluding carboxylic acids is 1. The molecule has 0 aromatic heterocycles. The summed E-state index contributed by atoms with van der Waals surface area (Å²) in [5, 5.41) is 11.1. The van der Waals surface area contributed by atoms with E-state index in [9.17, 15) is 14.9 Å². The van der Waals surface area contributed by atoms with Crippen LogP contribution in [0.15, 0.2) is 36.4 Å². The Morgan fingerprint density at radius 1 is 1.22 bits per heavy atom. The lowest BCUT2D eigenvalue weighted by atomic mass is 9.79. The van der Waals surface area contributed by atoms with Crippen LogP contribution in [-0.4, -0.2) is 11.2 Å². The van der Waals surface area contributed by atoms with Crippen LogP contribution in [0.1, 0.15) is 17.9 Å². The second-order valence-electron chi connectivity index (χ2n) is 5.00. The highest BCUT2D eigenvalue weighted by Crippen LogP contribution is 2.53. The molecule has 4 atom stereocenters. The van der Waals surface area contributed by atoms with Gasteiger partial charge in [0.05, 0.1) is 4.92 Å². The molecule has 1 aromatic rings. The zero-order chi connectivity index (χ0) is 12.7. The fraction of sp³-hybridized carbons (Fsp3) is 0.357. The number of nitro groups is 1. The molecule has 4 heteroatoms. The highest BCUT2D eigenvalue weighted by Gasteiger charge is 2.46.